The van der Waals surface area contributed by atoms with Gasteiger partial charge < -0.3 is 14.5 Å². The molecule has 5 heteroatoms. The zero-order valence-corrected chi connectivity index (χ0v) is 13.3. The van der Waals surface area contributed by atoms with Crippen LogP contribution in [0.2, 0.25) is 0 Å². The molecule has 22 heavy (non-hydrogen) atoms. The van der Waals surface area contributed by atoms with Crippen molar-refractivity contribution in [2.75, 3.05) is 20.3 Å². The van der Waals surface area contributed by atoms with E-state index in [0.29, 0.717) is 30.7 Å². The normalized spacial score (nSPS) is 10.9. The SMILES string of the molecule is COCCOc1ccccc1-c1nc(CC(C)C)cc(=O)[nH]1. The molecule has 2 rings (SSSR count). The van der Waals surface area contributed by atoms with E-state index in [9.17, 15) is 4.79 Å². The largest absolute Gasteiger partial charge is 0.490 e. The van der Waals surface area contributed by atoms with Gasteiger partial charge in [-0.15, -0.1) is 0 Å². The number of hydrogen-bond acceptors (Lipinski definition) is 4. The molecule has 0 bridgehead atoms. The summed E-state index contributed by atoms with van der Waals surface area (Å²) in [5, 5.41) is 0. The molecule has 0 radical (unpaired) electrons. The maximum atomic E-state index is 11.9. The highest BCUT2D eigenvalue weighted by molar-refractivity contribution is 5.63. The number of nitrogens with zero attached hydrogens (tertiary/aromatic N) is 1. The van der Waals surface area contributed by atoms with Crippen molar-refractivity contribution in [1.82, 2.24) is 9.97 Å². The molecule has 0 saturated heterocycles. The van der Waals surface area contributed by atoms with Crippen LogP contribution in [-0.2, 0) is 11.2 Å². The van der Waals surface area contributed by atoms with Crippen LogP contribution in [0.25, 0.3) is 11.4 Å². The minimum Gasteiger partial charge on any atom is -0.490 e. The van der Waals surface area contributed by atoms with Gasteiger partial charge in [0, 0.05) is 18.9 Å². The number of aromatic amines is 1. The van der Waals surface area contributed by atoms with Crippen molar-refractivity contribution in [3.05, 3.63) is 46.4 Å². The van der Waals surface area contributed by atoms with Crippen LogP contribution in [0.3, 0.4) is 0 Å². The van der Waals surface area contributed by atoms with E-state index >= 15 is 0 Å². The Labute approximate surface area is 130 Å². The van der Waals surface area contributed by atoms with Gasteiger partial charge in [0.2, 0.25) is 0 Å². The Hall–Kier alpha value is -2.14. The number of benzene rings is 1. The predicted molar refractivity (Wildman–Crippen MR) is 86.2 cm³/mol. The molecule has 0 spiro atoms. The first-order valence-corrected chi connectivity index (χ1v) is 7.41. The number of rotatable bonds is 7. The molecule has 0 aliphatic rings. The summed E-state index contributed by atoms with van der Waals surface area (Å²) >= 11 is 0. The van der Waals surface area contributed by atoms with Gasteiger partial charge in [-0.25, -0.2) is 4.98 Å². The summed E-state index contributed by atoms with van der Waals surface area (Å²) in [5.41, 5.74) is 1.43. The second kappa shape index (κ2) is 7.75. The average molecular weight is 302 g/mol. The summed E-state index contributed by atoms with van der Waals surface area (Å²) in [5.74, 6) is 1.66. The van der Waals surface area contributed by atoms with Gasteiger partial charge in [-0.3, -0.25) is 4.79 Å². The van der Waals surface area contributed by atoms with Crippen LogP contribution in [0.5, 0.6) is 5.75 Å². The molecule has 1 aromatic heterocycles. The molecule has 1 aromatic carbocycles. The number of aromatic nitrogens is 2. The Kier molecular flexibility index (Phi) is 5.72. The number of hydrogen-bond donors (Lipinski definition) is 1. The number of methoxy groups -OCH3 is 1. The fourth-order valence-electron chi connectivity index (χ4n) is 2.18. The lowest BCUT2D eigenvalue weighted by Gasteiger charge is -2.11. The Bertz CT molecular complexity index is 665. The highest BCUT2D eigenvalue weighted by Crippen LogP contribution is 2.26. The van der Waals surface area contributed by atoms with Crippen molar-refractivity contribution >= 4 is 0 Å². The summed E-state index contributed by atoms with van der Waals surface area (Å²) in [6, 6.07) is 9.09. The summed E-state index contributed by atoms with van der Waals surface area (Å²) in [6.45, 7) is 5.16. The lowest BCUT2D eigenvalue weighted by atomic mass is 10.1. The highest BCUT2D eigenvalue weighted by Gasteiger charge is 2.10. The number of nitrogens with one attached hydrogen (secondary N) is 1. The smallest absolute Gasteiger partial charge is 0.251 e. The zero-order valence-electron chi connectivity index (χ0n) is 13.3. The molecule has 118 valence electrons. The summed E-state index contributed by atoms with van der Waals surface area (Å²) < 4.78 is 10.7. The van der Waals surface area contributed by atoms with Crippen LogP contribution < -0.4 is 10.3 Å². The number of ether oxygens (including phenoxy) is 2. The summed E-state index contributed by atoms with van der Waals surface area (Å²) in [7, 11) is 1.63. The molecule has 0 saturated carbocycles. The van der Waals surface area contributed by atoms with Gasteiger partial charge in [-0.1, -0.05) is 26.0 Å². The van der Waals surface area contributed by atoms with Crippen LogP contribution >= 0.6 is 0 Å². The first-order valence-electron chi connectivity index (χ1n) is 7.41. The lowest BCUT2D eigenvalue weighted by Crippen LogP contribution is -2.12. The van der Waals surface area contributed by atoms with Crippen molar-refractivity contribution in [2.45, 2.75) is 20.3 Å². The average Bonchev–Trinajstić information content (AvgIpc) is 2.46. The van der Waals surface area contributed by atoms with E-state index in [2.05, 4.69) is 23.8 Å². The van der Waals surface area contributed by atoms with Crippen molar-refractivity contribution in [2.24, 2.45) is 5.92 Å². The third-order valence-electron chi connectivity index (χ3n) is 3.10. The molecule has 0 fully saturated rings. The molecule has 0 aliphatic heterocycles. The lowest BCUT2D eigenvalue weighted by molar-refractivity contribution is 0.146. The molecule has 0 atom stereocenters. The Balaban J connectivity index is 2.34. The molecular weight excluding hydrogens is 280 g/mol. The third-order valence-corrected chi connectivity index (χ3v) is 3.10. The standard InChI is InChI=1S/C17H22N2O3/c1-12(2)10-13-11-16(20)19-17(18-13)14-6-4-5-7-15(14)22-9-8-21-3/h4-7,11-12H,8-10H2,1-3H3,(H,18,19,20). The Morgan fingerprint density at radius 1 is 1.23 bits per heavy atom. The second-order valence-corrected chi connectivity index (χ2v) is 5.52. The van der Waals surface area contributed by atoms with E-state index in [-0.39, 0.29) is 5.56 Å². The van der Waals surface area contributed by atoms with Gasteiger partial charge >= 0.3 is 0 Å². The van der Waals surface area contributed by atoms with E-state index in [4.69, 9.17) is 9.47 Å². The van der Waals surface area contributed by atoms with E-state index in [1.165, 1.54) is 0 Å². The van der Waals surface area contributed by atoms with Gasteiger partial charge in [-0.2, -0.15) is 0 Å². The molecular formula is C17H22N2O3. The highest BCUT2D eigenvalue weighted by atomic mass is 16.5. The summed E-state index contributed by atoms with van der Waals surface area (Å²) in [4.78, 5) is 19.2. The first kappa shape index (κ1) is 16.2. The van der Waals surface area contributed by atoms with Crippen LogP contribution in [0.4, 0.5) is 0 Å². The first-order chi connectivity index (χ1) is 10.6. The molecule has 1 heterocycles. The molecule has 5 nitrogen and oxygen atoms in total. The molecule has 0 unspecified atom stereocenters. The Morgan fingerprint density at radius 3 is 2.73 bits per heavy atom. The van der Waals surface area contributed by atoms with Crippen molar-refractivity contribution in [3.63, 3.8) is 0 Å². The number of H-pyrrole nitrogens is 1. The maximum Gasteiger partial charge on any atom is 0.251 e. The fourth-order valence-corrected chi connectivity index (χ4v) is 2.18. The van der Waals surface area contributed by atoms with Crippen LogP contribution in [0.15, 0.2) is 35.1 Å². The molecule has 0 aliphatic carbocycles. The monoisotopic (exact) mass is 302 g/mol. The van der Waals surface area contributed by atoms with E-state index in [0.717, 1.165) is 17.7 Å². The van der Waals surface area contributed by atoms with Gasteiger partial charge in [0.15, 0.2) is 0 Å². The Morgan fingerprint density at radius 2 is 2.00 bits per heavy atom. The molecule has 0 amide bonds. The quantitative estimate of drug-likeness (QED) is 0.799. The topological polar surface area (TPSA) is 64.2 Å². The fraction of sp³-hybridized carbons (Fsp3) is 0.412. The minimum absolute atomic E-state index is 0.146. The zero-order chi connectivity index (χ0) is 15.9. The van der Waals surface area contributed by atoms with Gasteiger partial charge in [0.25, 0.3) is 5.56 Å². The van der Waals surface area contributed by atoms with Crippen LogP contribution in [-0.4, -0.2) is 30.3 Å². The van der Waals surface area contributed by atoms with E-state index < -0.39 is 0 Å². The number of para-hydroxylation sites is 1. The maximum absolute atomic E-state index is 11.9. The minimum atomic E-state index is -0.146. The van der Waals surface area contributed by atoms with Crippen LogP contribution in [0, 0.1) is 5.92 Å². The second-order valence-electron chi connectivity index (χ2n) is 5.52. The van der Waals surface area contributed by atoms with E-state index in [1.807, 2.05) is 24.3 Å². The van der Waals surface area contributed by atoms with Crippen molar-refractivity contribution < 1.29 is 9.47 Å². The van der Waals surface area contributed by atoms with Crippen molar-refractivity contribution in [1.29, 1.82) is 0 Å². The molecule has 2 aromatic rings. The third kappa shape index (κ3) is 4.43. The van der Waals surface area contributed by atoms with Crippen molar-refractivity contribution in [3.8, 4) is 17.1 Å². The predicted octanol–water partition coefficient (Wildman–Crippen LogP) is 2.66. The van der Waals surface area contributed by atoms with Crippen LogP contribution in [0.1, 0.15) is 19.5 Å². The molecule has 1 N–H and O–H groups in total. The summed E-state index contributed by atoms with van der Waals surface area (Å²) in [6.07, 6.45) is 0.767. The van der Waals surface area contributed by atoms with Gasteiger partial charge in [0.05, 0.1) is 12.2 Å². The van der Waals surface area contributed by atoms with Gasteiger partial charge in [0.1, 0.15) is 18.2 Å². The van der Waals surface area contributed by atoms with Gasteiger partial charge in [-0.05, 0) is 24.5 Å². The van der Waals surface area contributed by atoms with E-state index in [1.54, 1.807) is 13.2 Å².